The second-order valence-electron chi connectivity index (χ2n) is 4.98. The number of hydrogen-bond donors (Lipinski definition) is 1. The molecule has 0 fully saturated rings. The monoisotopic (exact) mass is 270 g/mol. The Bertz CT molecular complexity index is 656. The maximum atomic E-state index is 14.1. The zero-order valence-corrected chi connectivity index (χ0v) is 11.1. The predicted octanol–water partition coefficient (Wildman–Crippen LogP) is 2.27. The number of guanidine groups is 1. The number of pyridine rings is 1. The van der Waals surface area contributed by atoms with Crippen LogP contribution in [0.3, 0.4) is 0 Å². The Morgan fingerprint density at radius 2 is 2.05 bits per heavy atom. The van der Waals surface area contributed by atoms with Gasteiger partial charge in [-0.2, -0.15) is 0 Å². The van der Waals surface area contributed by atoms with Gasteiger partial charge in [-0.3, -0.25) is 14.9 Å². The molecule has 0 saturated heterocycles. The van der Waals surface area contributed by atoms with Gasteiger partial charge in [-0.1, -0.05) is 18.2 Å². The quantitative estimate of drug-likeness (QED) is 0.910. The zero-order valence-electron chi connectivity index (χ0n) is 11.1. The molecule has 1 atom stereocenters. The number of benzene rings is 1. The molecular weight excluding hydrogens is 255 g/mol. The number of aliphatic imine (C=N–C) groups is 1. The first-order chi connectivity index (χ1) is 9.63. The topological polar surface area (TPSA) is 54.5 Å². The molecule has 0 amide bonds. The minimum absolute atomic E-state index is 0.317. The van der Waals surface area contributed by atoms with Crippen molar-refractivity contribution in [2.24, 2.45) is 10.7 Å². The molecule has 0 saturated carbocycles. The lowest BCUT2D eigenvalue weighted by Gasteiger charge is -2.36. The van der Waals surface area contributed by atoms with Gasteiger partial charge in [-0.15, -0.1) is 0 Å². The van der Waals surface area contributed by atoms with Gasteiger partial charge in [0.15, 0.2) is 5.96 Å². The molecule has 2 aromatic rings. The van der Waals surface area contributed by atoms with Crippen LogP contribution in [0.15, 0.2) is 53.8 Å². The van der Waals surface area contributed by atoms with Gasteiger partial charge < -0.3 is 5.73 Å². The fourth-order valence-corrected chi connectivity index (χ4v) is 2.55. The molecule has 3 rings (SSSR count). The van der Waals surface area contributed by atoms with Gasteiger partial charge in [-0.05, 0) is 30.7 Å². The predicted molar refractivity (Wildman–Crippen MR) is 77.0 cm³/mol. The minimum atomic E-state index is -0.527. The fourth-order valence-electron chi connectivity index (χ4n) is 2.55. The van der Waals surface area contributed by atoms with E-state index in [0.717, 1.165) is 5.56 Å². The van der Waals surface area contributed by atoms with Gasteiger partial charge in [-0.25, -0.2) is 4.39 Å². The highest BCUT2D eigenvalue weighted by atomic mass is 19.1. The molecule has 1 aromatic heterocycles. The van der Waals surface area contributed by atoms with Gasteiger partial charge in [0.1, 0.15) is 5.82 Å². The summed E-state index contributed by atoms with van der Waals surface area (Å²) in [5.41, 5.74) is 6.83. The molecule has 0 spiro atoms. The molecular formula is C15H15FN4. The van der Waals surface area contributed by atoms with E-state index in [0.29, 0.717) is 18.2 Å². The number of rotatable bonds is 2. The van der Waals surface area contributed by atoms with Crippen molar-refractivity contribution in [3.05, 3.63) is 60.2 Å². The van der Waals surface area contributed by atoms with Crippen LogP contribution in [-0.2, 0) is 5.54 Å². The summed E-state index contributed by atoms with van der Waals surface area (Å²) in [6, 6.07) is 10.4. The Hall–Kier alpha value is -2.43. The molecule has 5 heteroatoms. The largest absolute Gasteiger partial charge is 0.369 e. The molecule has 102 valence electrons. The van der Waals surface area contributed by atoms with Crippen molar-refractivity contribution in [3.8, 4) is 0 Å². The van der Waals surface area contributed by atoms with E-state index in [1.54, 1.807) is 35.5 Å². The molecule has 2 N–H and O–H groups in total. The highest BCUT2D eigenvalue weighted by Crippen LogP contribution is 2.37. The Balaban J connectivity index is 2.12. The number of anilines is 1. The first kappa shape index (κ1) is 12.6. The van der Waals surface area contributed by atoms with Crippen LogP contribution in [0.25, 0.3) is 0 Å². The third-order valence-corrected chi connectivity index (χ3v) is 3.65. The maximum Gasteiger partial charge on any atom is 0.196 e. The fraction of sp³-hybridized carbons (Fsp3) is 0.200. The summed E-state index contributed by atoms with van der Waals surface area (Å²) in [6.07, 6.45) is 3.47. The van der Waals surface area contributed by atoms with E-state index in [-0.39, 0.29) is 5.82 Å². The Kier molecular flexibility index (Phi) is 2.89. The van der Waals surface area contributed by atoms with Crippen molar-refractivity contribution in [2.45, 2.75) is 12.5 Å². The average molecular weight is 270 g/mol. The molecule has 20 heavy (non-hydrogen) atoms. The lowest BCUT2D eigenvalue weighted by Crippen LogP contribution is -2.48. The molecule has 1 aliphatic rings. The van der Waals surface area contributed by atoms with Crippen molar-refractivity contribution in [2.75, 3.05) is 11.4 Å². The van der Waals surface area contributed by atoms with Crippen molar-refractivity contribution >= 4 is 11.6 Å². The Labute approximate surface area is 116 Å². The van der Waals surface area contributed by atoms with Crippen molar-refractivity contribution in [3.63, 3.8) is 0 Å². The van der Waals surface area contributed by atoms with Crippen LogP contribution in [-0.4, -0.2) is 17.5 Å². The van der Waals surface area contributed by atoms with E-state index >= 15 is 0 Å². The highest BCUT2D eigenvalue weighted by molar-refractivity contribution is 5.98. The zero-order chi connectivity index (χ0) is 14.2. The average Bonchev–Trinajstić information content (AvgIpc) is 2.78. The standard InChI is InChI=1S/C15H15FN4/c1-15(11-5-4-8-18-9-11)10-19-14(17)20(15)13-7-3-2-6-12(13)16/h2-9H,10H2,1H3,(H2,17,19). The Morgan fingerprint density at radius 3 is 2.75 bits per heavy atom. The lowest BCUT2D eigenvalue weighted by molar-refractivity contribution is 0.519. The number of halogens is 1. The van der Waals surface area contributed by atoms with E-state index in [9.17, 15) is 4.39 Å². The summed E-state index contributed by atoms with van der Waals surface area (Å²) in [7, 11) is 0. The minimum Gasteiger partial charge on any atom is -0.369 e. The second-order valence-corrected chi connectivity index (χ2v) is 4.98. The smallest absolute Gasteiger partial charge is 0.196 e. The molecule has 0 radical (unpaired) electrons. The van der Waals surface area contributed by atoms with Gasteiger partial charge >= 0.3 is 0 Å². The maximum absolute atomic E-state index is 14.1. The molecule has 0 bridgehead atoms. The van der Waals surface area contributed by atoms with Crippen LogP contribution >= 0.6 is 0 Å². The van der Waals surface area contributed by atoms with Crippen molar-refractivity contribution < 1.29 is 4.39 Å². The summed E-state index contributed by atoms with van der Waals surface area (Å²) >= 11 is 0. The number of nitrogens with two attached hydrogens (primary N) is 1. The van der Waals surface area contributed by atoms with Crippen molar-refractivity contribution in [1.82, 2.24) is 4.98 Å². The van der Waals surface area contributed by atoms with Crippen LogP contribution in [0.2, 0.25) is 0 Å². The molecule has 1 aromatic carbocycles. The molecule has 1 unspecified atom stereocenters. The summed E-state index contributed by atoms with van der Waals surface area (Å²) in [6.45, 7) is 2.46. The van der Waals surface area contributed by atoms with Gasteiger partial charge in [0.05, 0.1) is 17.8 Å². The summed E-state index contributed by atoms with van der Waals surface area (Å²) in [5.74, 6) is 0.00381. The number of nitrogens with zero attached hydrogens (tertiary/aromatic N) is 3. The number of hydrogen-bond acceptors (Lipinski definition) is 4. The molecule has 4 nitrogen and oxygen atoms in total. The SMILES string of the molecule is CC1(c2cccnc2)CN=C(N)N1c1ccccc1F. The van der Waals surface area contributed by atoms with E-state index in [1.807, 2.05) is 19.1 Å². The van der Waals surface area contributed by atoms with Gasteiger partial charge in [0.25, 0.3) is 0 Å². The normalized spacial score (nSPS) is 21.9. The number of aromatic nitrogens is 1. The summed E-state index contributed by atoms with van der Waals surface area (Å²) in [5, 5.41) is 0. The first-order valence-electron chi connectivity index (χ1n) is 6.38. The number of para-hydroxylation sites is 1. The Morgan fingerprint density at radius 1 is 1.25 bits per heavy atom. The third-order valence-electron chi connectivity index (χ3n) is 3.65. The third kappa shape index (κ3) is 1.82. The first-order valence-corrected chi connectivity index (χ1v) is 6.38. The molecule has 1 aliphatic heterocycles. The highest BCUT2D eigenvalue weighted by Gasteiger charge is 2.41. The van der Waals surface area contributed by atoms with E-state index in [4.69, 9.17) is 5.73 Å². The summed E-state index contributed by atoms with van der Waals surface area (Å²) < 4.78 is 14.1. The van der Waals surface area contributed by atoms with E-state index in [1.165, 1.54) is 6.07 Å². The van der Waals surface area contributed by atoms with Crippen LogP contribution in [0, 0.1) is 5.82 Å². The molecule has 2 heterocycles. The van der Waals surface area contributed by atoms with Gasteiger partial charge in [0, 0.05) is 12.4 Å². The van der Waals surface area contributed by atoms with Crippen LogP contribution in [0.1, 0.15) is 12.5 Å². The lowest BCUT2D eigenvalue weighted by atomic mass is 9.92. The summed E-state index contributed by atoms with van der Waals surface area (Å²) in [4.78, 5) is 10.2. The van der Waals surface area contributed by atoms with Crippen LogP contribution in [0.4, 0.5) is 10.1 Å². The van der Waals surface area contributed by atoms with Crippen LogP contribution in [0.5, 0.6) is 0 Å². The van der Waals surface area contributed by atoms with Crippen LogP contribution < -0.4 is 10.6 Å². The van der Waals surface area contributed by atoms with Crippen molar-refractivity contribution in [1.29, 1.82) is 0 Å². The second kappa shape index (κ2) is 4.59. The van der Waals surface area contributed by atoms with Gasteiger partial charge in [0.2, 0.25) is 0 Å². The van der Waals surface area contributed by atoms with E-state index in [2.05, 4.69) is 9.98 Å². The molecule has 0 aliphatic carbocycles. The van der Waals surface area contributed by atoms with E-state index < -0.39 is 5.54 Å².